The maximum atomic E-state index is 10.8. The van der Waals surface area contributed by atoms with Gasteiger partial charge in [0.05, 0.1) is 29.8 Å². The minimum Gasteiger partial charge on any atom is -0.549 e. The summed E-state index contributed by atoms with van der Waals surface area (Å²) in [5, 5.41) is 53.3. The van der Waals surface area contributed by atoms with Crippen LogP contribution in [0.1, 0.15) is 0 Å². The fourth-order valence-electron chi connectivity index (χ4n) is 2.18. The molecular formula is C14H18N3Na2O10-3. The largest absolute Gasteiger partial charge is 1.00 e. The summed E-state index contributed by atoms with van der Waals surface area (Å²) in [7, 11) is 0. The van der Waals surface area contributed by atoms with E-state index in [-0.39, 0.29) is 85.3 Å². The molecule has 13 nitrogen and oxygen atoms in total. The van der Waals surface area contributed by atoms with E-state index >= 15 is 0 Å². The van der Waals surface area contributed by atoms with E-state index < -0.39 is 62.6 Å². The van der Waals surface area contributed by atoms with Crippen LogP contribution in [0.3, 0.4) is 0 Å². The molecular weight excluding hydrogens is 416 g/mol. The fourth-order valence-corrected chi connectivity index (χ4v) is 2.18. The molecule has 0 radical (unpaired) electrons. The second kappa shape index (κ2) is 18.0. The fraction of sp³-hybridized carbons (Fsp3) is 0.643. The minimum absolute atomic E-state index is 0. The first-order valence-corrected chi connectivity index (χ1v) is 7.66. The van der Waals surface area contributed by atoms with Crippen molar-refractivity contribution in [1.29, 1.82) is 0 Å². The van der Waals surface area contributed by atoms with Crippen LogP contribution in [0.2, 0.25) is 0 Å². The second-order valence-electron chi connectivity index (χ2n) is 5.56. The summed E-state index contributed by atoms with van der Waals surface area (Å²) >= 11 is 0. The summed E-state index contributed by atoms with van der Waals surface area (Å²) in [6.07, 6.45) is 0. The molecule has 0 bridgehead atoms. The van der Waals surface area contributed by atoms with Crippen LogP contribution in [-0.2, 0) is 24.0 Å². The van der Waals surface area contributed by atoms with E-state index in [1.807, 2.05) is 0 Å². The molecule has 0 amide bonds. The van der Waals surface area contributed by atoms with Crippen molar-refractivity contribution in [3.63, 3.8) is 0 Å². The van der Waals surface area contributed by atoms with E-state index in [1.165, 1.54) is 4.90 Å². The Morgan fingerprint density at radius 2 is 0.586 bits per heavy atom. The molecule has 0 unspecified atom stereocenters. The summed E-state index contributed by atoms with van der Waals surface area (Å²) in [5.41, 5.74) is 0. The molecule has 0 aromatic heterocycles. The second-order valence-corrected chi connectivity index (χ2v) is 5.56. The molecule has 0 saturated heterocycles. The van der Waals surface area contributed by atoms with Gasteiger partial charge in [0.25, 0.3) is 0 Å². The Labute approximate surface area is 210 Å². The van der Waals surface area contributed by atoms with Gasteiger partial charge in [0, 0.05) is 58.9 Å². The molecule has 15 heteroatoms. The van der Waals surface area contributed by atoms with Crippen molar-refractivity contribution in [2.75, 3.05) is 58.9 Å². The molecule has 0 aromatic carbocycles. The molecule has 0 atom stereocenters. The molecule has 0 heterocycles. The van der Waals surface area contributed by atoms with Gasteiger partial charge >= 0.3 is 59.1 Å². The first-order valence-electron chi connectivity index (χ1n) is 7.66. The number of nitrogens with zero attached hydrogens (tertiary/aromatic N) is 3. The summed E-state index contributed by atoms with van der Waals surface area (Å²) in [6, 6.07) is 0. The van der Waals surface area contributed by atoms with Crippen molar-refractivity contribution in [2.24, 2.45) is 0 Å². The van der Waals surface area contributed by atoms with Gasteiger partial charge < -0.3 is 49.5 Å². The Balaban J connectivity index is -0.00000338. The van der Waals surface area contributed by atoms with Crippen molar-refractivity contribution >= 4 is 29.8 Å². The molecule has 0 aliphatic carbocycles. The Hall–Kier alpha value is -0.770. The summed E-state index contributed by atoms with van der Waals surface area (Å²) in [6.45, 7) is -4.16. The van der Waals surface area contributed by atoms with E-state index in [2.05, 4.69) is 0 Å². The van der Waals surface area contributed by atoms with Gasteiger partial charge in [-0.3, -0.25) is 14.7 Å². The standard InChI is InChI=1S/C14H23N3O10.2Na/c18-10(19)5-15(1-3-16(6-11(20)21)7-12(22)23)2-4-17(8-13(24)25)9-14(26)27;;/h1-9H2,(H,18,19)(H,20,21)(H,22,23)(H,24,25)(H,26,27);;/q;2*+1/p-5. The maximum absolute atomic E-state index is 10.8. The Kier molecular flexibility index (Phi) is 20.5. The smallest absolute Gasteiger partial charge is 0.549 e. The van der Waals surface area contributed by atoms with E-state index in [0.29, 0.717) is 0 Å². The van der Waals surface area contributed by atoms with Crippen LogP contribution < -0.4 is 84.6 Å². The van der Waals surface area contributed by atoms with Crippen molar-refractivity contribution in [2.45, 2.75) is 0 Å². The van der Waals surface area contributed by atoms with Crippen molar-refractivity contribution in [3.05, 3.63) is 0 Å². The van der Waals surface area contributed by atoms with Crippen LogP contribution in [-0.4, -0.2) is 103 Å². The topological polar surface area (TPSA) is 210 Å². The van der Waals surface area contributed by atoms with Gasteiger partial charge in [0.15, 0.2) is 0 Å². The van der Waals surface area contributed by atoms with E-state index in [4.69, 9.17) is 0 Å². The quantitative estimate of drug-likeness (QED) is 0.207. The average Bonchev–Trinajstić information content (AvgIpc) is 2.46. The predicted molar refractivity (Wildman–Crippen MR) is 74.4 cm³/mol. The summed E-state index contributed by atoms with van der Waals surface area (Å²) < 4.78 is 0. The number of aliphatic carboxylic acids is 5. The third kappa shape index (κ3) is 20.3. The van der Waals surface area contributed by atoms with Crippen molar-refractivity contribution < 1.29 is 109 Å². The van der Waals surface area contributed by atoms with Gasteiger partial charge in [0.1, 0.15) is 0 Å². The average molecular weight is 434 g/mol. The van der Waals surface area contributed by atoms with Crippen LogP contribution in [0, 0.1) is 0 Å². The van der Waals surface area contributed by atoms with E-state index in [0.717, 1.165) is 9.80 Å². The van der Waals surface area contributed by atoms with Gasteiger partial charge in [0.2, 0.25) is 0 Å². The summed E-state index contributed by atoms with van der Waals surface area (Å²) in [4.78, 5) is 56.4. The van der Waals surface area contributed by atoms with Gasteiger partial charge in [-0.1, -0.05) is 0 Å². The van der Waals surface area contributed by atoms with Gasteiger partial charge in [-0.25, -0.2) is 0 Å². The Bertz CT molecular complexity index is 492. The predicted octanol–water partition coefficient (Wildman–Crippen LogP) is -15.4. The monoisotopic (exact) mass is 434 g/mol. The molecule has 154 valence electrons. The molecule has 29 heavy (non-hydrogen) atoms. The third-order valence-electron chi connectivity index (χ3n) is 3.23. The number of carbonyl (C=O) groups excluding carboxylic acids is 5. The maximum Gasteiger partial charge on any atom is 1.00 e. The van der Waals surface area contributed by atoms with Crippen LogP contribution in [0.5, 0.6) is 0 Å². The number of hydrogen-bond acceptors (Lipinski definition) is 13. The van der Waals surface area contributed by atoms with Gasteiger partial charge in [-0.15, -0.1) is 0 Å². The zero-order valence-corrected chi connectivity index (χ0v) is 20.3. The van der Waals surface area contributed by atoms with Gasteiger partial charge in [-0.2, -0.15) is 0 Å². The van der Waals surface area contributed by atoms with Crippen LogP contribution in [0.25, 0.3) is 0 Å². The number of carboxylic acid groups (broad SMARTS) is 5. The molecule has 0 saturated carbocycles. The zero-order valence-electron chi connectivity index (χ0n) is 16.3. The molecule has 0 spiro atoms. The minimum atomic E-state index is -1.54. The van der Waals surface area contributed by atoms with Crippen molar-refractivity contribution in [1.82, 2.24) is 14.7 Å². The third-order valence-corrected chi connectivity index (χ3v) is 3.23. The van der Waals surface area contributed by atoms with E-state index in [9.17, 15) is 49.5 Å². The Morgan fingerprint density at radius 1 is 0.414 bits per heavy atom. The first-order chi connectivity index (χ1) is 12.5. The number of carbonyl (C=O) groups is 5. The zero-order chi connectivity index (χ0) is 21.0. The molecule has 0 fully saturated rings. The molecule has 0 aliphatic rings. The molecule has 0 N–H and O–H groups in total. The SMILES string of the molecule is O=C([O-])CN(CCN(CC(=O)[O-])CC(=O)[O-])CCN(CC(=O)[O-])CC(=O)[O-].[Na+].[Na+]. The number of carboxylic acids is 5. The van der Waals surface area contributed by atoms with E-state index in [1.54, 1.807) is 0 Å². The number of rotatable bonds is 16. The number of hydrogen-bond donors (Lipinski definition) is 0. The molecule has 0 aliphatic heterocycles. The molecule has 0 rings (SSSR count). The molecule has 0 aromatic rings. The van der Waals surface area contributed by atoms with Crippen LogP contribution in [0.15, 0.2) is 0 Å². The first kappa shape index (κ1) is 32.9. The van der Waals surface area contributed by atoms with Crippen LogP contribution >= 0.6 is 0 Å². The normalized spacial score (nSPS) is 10.3. The Morgan fingerprint density at radius 3 is 0.793 bits per heavy atom. The van der Waals surface area contributed by atoms with Crippen LogP contribution in [0.4, 0.5) is 0 Å². The van der Waals surface area contributed by atoms with Crippen molar-refractivity contribution in [3.8, 4) is 0 Å². The van der Waals surface area contributed by atoms with Gasteiger partial charge in [-0.05, 0) is 0 Å². The summed E-state index contributed by atoms with van der Waals surface area (Å²) in [5.74, 6) is -7.67.